The average molecular weight is 962 g/mol. The van der Waals surface area contributed by atoms with Gasteiger partial charge in [0.15, 0.2) is 18.9 Å². The summed E-state index contributed by atoms with van der Waals surface area (Å²) in [4.78, 5) is 13.1. The van der Waals surface area contributed by atoms with Gasteiger partial charge in [0.25, 0.3) is 0 Å². The first kappa shape index (κ1) is 59.1. The van der Waals surface area contributed by atoms with Crippen molar-refractivity contribution in [3.8, 4) is 0 Å². The Labute approximate surface area is 395 Å². The molecule has 3 fully saturated rings. The largest absolute Gasteiger partial charge is 0.394 e. The fourth-order valence-corrected chi connectivity index (χ4v) is 7.91. The van der Waals surface area contributed by atoms with Crippen LogP contribution in [-0.4, -0.2) is 193 Å². The monoisotopic (exact) mass is 962 g/mol. The lowest BCUT2D eigenvalue weighted by molar-refractivity contribution is -0.379. The number of hydrogen-bond donors (Lipinski definition) is 12. The zero-order valence-corrected chi connectivity index (χ0v) is 39.4. The number of hydrogen-bond acceptors (Lipinski definition) is 18. The zero-order chi connectivity index (χ0) is 49.1. The van der Waals surface area contributed by atoms with Gasteiger partial charge in [-0.25, -0.2) is 0 Å². The van der Waals surface area contributed by atoms with Gasteiger partial charge in [-0.15, -0.1) is 0 Å². The molecule has 1 amide bonds. The molecule has 3 rings (SSSR count). The second kappa shape index (κ2) is 33.4. The third-order valence-corrected chi connectivity index (χ3v) is 12.1. The van der Waals surface area contributed by atoms with E-state index < -0.39 is 124 Å². The summed E-state index contributed by atoms with van der Waals surface area (Å²) >= 11 is 0. The summed E-state index contributed by atoms with van der Waals surface area (Å²) in [5, 5.41) is 119. The zero-order valence-electron chi connectivity index (χ0n) is 39.4. The van der Waals surface area contributed by atoms with Crippen LogP contribution in [0, 0.1) is 0 Å². The Hall–Kier alpha value is -2.25. The normalized spacial score (nSPS) is 33.9. The number of carbonyl (C=O) groups excluding carboxylic acids is 1. The molecule has 0 bridgehead atoms. The highest BCUT2D eigenvalue weighted by Gasteiger charge is 2.53. The summed E-state index contributed by atoms with van der Waals surface area (Å²) in [5.41, 5.74) is 0. The Morgan fingerprint density at radius 3 is 1.55 bits per heavy atom. The fourth-order valence-electron chi connectivity index (χ4n) is 7.91. The molecular weight excluding hydrogens is 879 g/mol. The van der Waals surface area contributed by atoms with Gasteiger partial charge in [0.05, 0.1) is 38.6 Å². The molecule has 19 nitrogen and oxygen atoms in total. The molecular formula is C48H83NO18. The number of aliphatic hydroxyl groups excluding tert-OH is 11. The first-order valence-electron chi connectivity index (χ1n) is 24.4. The maximum Gasteiger partial charge on any atom is 0.220 e. The lowest BCUT2D eigenvalue weighted by Gasteiger charge is -2.48. The van der Waals surface area contributed by atoms with E-state index >= 15 is 0 Å². The Morgan fingerprint density at radius 1 is 0.522 bits per heavy atom. The summed E-state index contributed by atoms with van der Waals surface area (Å²) in [6.45, 7) is 1.50. The van der Waals surface area contributed by atoms with Crippen molar-refractivity contribution in [1.82, 2.24) is 5.32 Å². The maximum atomic E-state index is 13.1. The van der Waals surface area contributed by atoms with E-state index in [0.717, 1.165) is 70.6 Å². The second-order valence-electron chi connectivity index (χ2n) is 17.5. The molecule has 0 aromatic carbocycles. The standard InChI is InChI=1S/C48H83NO18/c1-3-5-7-9-11-13-15-16-17-19-21-23-25-32(53)31(49-36(54)26-24-22-20-18-14-12-10-8-6-4-2)30-62-46-42(60)39(57)44(34(28-51)64-46)67-48-43(61)40(58)45(35(29-52)65-48)66-47-41(59)38(56)37(55)33(27-50)63-47/h8-11,16-17,23,25,31-35,37-48,50-53,55-61H,3-7,12-15,18-22,24,26-30H2,1-2H3,(H,49,54)/b10-8-,11-9+,17-16+,25-23+. The van der Waals surface area contributed by atoms with E-state index in [-0.39, 0.29) is 18.9 Å². The molecule has 19 heteroatoms. The van der Waals surface area contributed by atoms with E-state index in [1.165, 1.54) is 12.8 Å². The highest BCUT2D eigenvalue weighted by atomic mass is 16.8. The molecule has 3 aliphatic rings. The van der Waals surface area contributed by atoms with Crippen LogP contribution in [0.4, 0.5) is 0 Å². The molecule has 388 valence electrons. The summed E-state index contributed by atoms with van der Waals surface area (Å²) in [6.07, 6.45) is 4.28. The molecule has 3 heterocycles. The van der Waals surface area contributed by atoms with Gasteiger partial charge in [0.2, 0.25) is 5.91 Å². The van der Waals surface area contributed by atoms with Crippen molar-refractivity contribution in [2.75, 3.05) is 26.4 Å². The first-order valence-corrected chi connectivity index (χ1v) is 24.4. The van der Waals surface area contributed by atoms with Crippen molar-refractivity contribution >= 4 is 5.91 Å². The number of unbranched alkanes of at least 4 members (excludes halogenated alkanes) is 10. The van der Waals surface area contributed by atoms with Gasteiger partial charge in [-0.1, -0.05) is 101 Å². The molecule has 0 radical (unpaired) electrons. The minimum absolute atomic E-state index is 0.219. The minimum atomic E-state index is -1.98. The molecule has 0 spiro atoms. The Kier molecular flexibility index (Phi) is 29.4. The quantitative estimate of drug-likeness (QED) is 0.0328. The summed E-state index contributed by atoms with van der Waals surface area (Å²) in [5.74, 6) is -0.308. The fraction of sp³-hybridized carbons (Fsp3) is 0.812. The minimum Gasteiger partial charge on any atom is -0.394 e. The van der Waals surface area contributed by atoms with Gasteiger partial charge in [-0.2, -0.15) is 0 Å². The van der Waals surface area contributed by atoms with Crippen LogP contribution in [0.25, 0.3) is 0 Å². The third kappa shape index (κ3) is 19.8. The highest BCUT2D eigenvalue weighted by molar-refractivity contribution is 5.76. The molecule has 0 aromatic rings. The number of carbonyl (C=O) groups is 1. The van der Waals surface area contributed by atoms with E-state index in [1.807, 2.05) is 0 Å². The molecule has 0 saturated carbocycles. The topological polar surface area (TPSA) is 307 Å². The van der Waals surface area contributed by atoms with Gasteiger partial charge < -0.3 is 89.9 Å². The predicted molar refractivity (Wildman–Crippen MR) is 245 cm³/mol. The molecule has 0 aromatic heterocycles. The highest BCUT2D eigenvalue weighted by Crippen LogP contribution is 2.33. The second-order valence-corrected chi connectivity index (χ2v) is 17.5. The van der Waals surface area contributed by atoms with Crippen LogP contribution in [-0.2, 0) is 33.2 Å². The van der Waals surface area contributed by atoms with Gasteiger partial charge in [0.1, 0.15) is 73.2 Å². The number of ether oxygens (including phenoxy) is 6. The van der Waals surface area contributed by atoms with E-state index in [2.05, 4.69) is 55.6 Å². The van der Waals surface area contributed by atoms with E-state index in [9.17, 15) is 61.0 Å². The number of rotatable bonds is 32. The molecule has 12 N–H and O–H groups in total. The lowest BCUT2D eigenvalue weighted by atomic mass is 9.96. The number of nitrogens with one attached hydrogen (secondary N) is 1. The van der Waals surface area contributed by atoms with Crippen LogP contribution in [0.15, 0.2) is 48.6 Å². The Morgan fingerprint density at radius 2 is 0.985 bits per heavy atom. The number of allylic oxidation sites excluding steroid dienone is 7. The van der Waals surface area contributed by atoms with E-state index in [4.69, 9.17) is 28.4 Å². The molecule has 17 unspecified atom stereocenters. The summed E-state index contributed by atoms with van der Waals surface area (Å²) in [7, 11) is 0. The predicted octanol–water partition coefficient (Wildman–Crippen LogP) is 0.803. The van der Waals surface area contributed by atoms with Crippen molar-refractivity contribution < 1.29 is 89.4 Å². The molecule has 0 aliphatic carbocycles. The summed E-state index contributed by atoms with van der Waals surface area (Å²) in [6, 6.07) is -0.996. The maximum absolute atomic E-state index is 13.1. The van der Waals surface area contributed by atoms with Gasteiger partial charge >= 0.3 is 0 Å². The van der Waals surface area contributed by atoms with Crippen molar-refractivity contribution in [1.29, 1.82) is 0 Å². The van der Waals surface area contributed by atoms with Gasteiger partial charge in [0, 0.05) is 6.42 Å². The van der Waals surface area contributed by atoms with E-state index in [1.54, 1.807) is 12.2 Å². The SMILES string of the molecule is CCC/C=C\CCCCCCCC(=O)NC(COC1OC(CO)C(OC2OC(CO)C(OC3OC(CO)C(O)C(O)C3O)C(O)C2O)C(O)C1O)C(O)/C=C/CC/C=C/CC/C=C/CCCC. The number of aliphatic hydroxyl groups is 11. The molecule has 17 atom stereocenters. The van der Waals surface area contributed by atoms with Crippen LogP contribution in [0.5, 0.6) is 0 Å². The van der Waals surface area contributed by atoms with Crippen LogP contribution >= 0.6 is 0 Å². The Bertz CT molecular complexity index is 1430. The molecule has 67 heavy (non-hydrogen) atoms. The number of amides is 1. The average Bonchev–Trinajstić information content (AvgIpc) is 3.32. The summed E-state index contributed by atoms with van der Waals surface area (Å²) < 4.78 is 34.0. The first-order chi connectivity index (χ1) is 32.3. The van der Waals surface area contributed by atoms with Crippen LogP contribution < -0.4 is 5.32 Å². The van der Waals surface area contributed by atoms with Crippen molar-refractivity contribution in [3.63, 3.8) is 0 Å². The van der Waals surface area contributed by atoms with Gasteiger partial charge in [-0.3, -0.25) is 4.79 Å². The third-order valence-electron chi connectivity index (χ3n) is 12.1. The Balaban J connectivity index is 1.61. The van der Waals surface area contributed by atoms with Crippen LogP contribution in [0.2, 0.25) is 0 Å². The van der Waals surface area contributed by atoms with Crippen LogP contribution in [0.1, 0.15) is 117 Å². The van der Waals surface area contributed by atoms with E-state index in [0.29, 0.717) is 12.8 Å². The molecule has 3 saturated heterocycles. The lowest BCUT2D eigenvalue weighted by Crippen LogP contribution is -2.66. The van der Waals surface area contributed by atoms with Gasteiger partial charge in [-0.05, 0) is 57.8 Å². The van der Waals surface area contributed by atoms with Crippen molar-refractivity contribution in [2.24, 2.45) is 0 Å². The van der Waals surface area contributed by atoms with Crippen molar-refractivity contribution in [2.45, 2.75) is 221 Å². The van der Waals surface area contributed by atoms with Crippen LogP contribution in [0.3, 0.4) is 0 Å². The smallest absolute Gasteiger partial charge is 0.220 e. The molecule has 3 aliphatic heterocycles. The van der Waals surface area contributed by atoms with Crippen molar-refractivity contribution in [3.05, 3.63) is 48.6 Å².